The standard InChI is InChI=1S/C24H35N3S/c1-7-10-23(28-18-20(4)13-14-25-6)24(26-8-2)27-17-21(5)16-22-12-9-11-19(3)15-22/h9-12,15,18,21,25H,7-8,16-17H2,1-6H3,(H,26,27)/b20-18+,23-10-. The van der Waals surface area contributed by atoms with Crippen LogP contribution in [0.1, 0.15) is 45.2 Å². The Morgan fingerprint density at radius 1 is 1.32 bits per heavy atom. The van der Waals surface area contributed by atoms with Gasteiger partial charge in [0, 0.05) is 36.7 Å². The SMILES string of the molecule is CC/C=C(\S/C=C(\C)C#CNC)C(=NCC(C)Cc1cccc(C)c1)NCC. The molecule has 0 fully saturated rings. The maximum Gasteiger partial charge on any atom is 0.134 e. The lowest BCUT2D eigenvalue weighted by Gasteiger charge is -2.14. The summed E-state index contributed by atoms with van der Waals surface area (Å²) in [6.45, 7) is 12.4. The van der Waals surface area contributed by atoms with Gasteiger partial charge in [-0.3, -0.25) is 4.99 Å². The Morgan fingerprint density at radius 3 is 2.75 bits per heavy atom. The summed E-state index contributed by atoms with van der Waals surface area (Å²) >= 11 is 1.69. The topological polar surface area (TPSA) is 36.4 Å². The first-order valence-electron chi connectivity index (χ1n) is 10.1. The maximum absolute atomic E-state index is 4.93. The highest BCUT2D eigenvalue weighted by molar-refractivity contribution is 8.06. The van der Waals surface area contributed by atoms with Gasteiger partial charge in [-0.1, -0.05) is 61.5 Å². The van der Waals surface area contributed by atoms with Crippen molar-refractivity contribution in [2.45, 2.75) is 47.5 Å². The zero-order valence-electron chi connectivity index (χ0n) is 18.2. The minimum atomic E-state index is 0.488. The largest absolute Gasteiger partial charge is 0.370 e. The Kier molecular flexibility index (Phi) is 11.9. The van der Waals surface area contributed by atoms with E-state index >= 15 is 0 Å². The highest BCUT2D eigenvalue weighted by Gasteiger charge is 2.08. The molecule has 0 bridgehead atoms. The molecule has 0 aromatic heterocycles. The number of aryl methyl sites for hydroxylation is 1. The molecule has 2 N–H and O–H groups in total. The quantitative estimate of drug-likeness (QED) is 0.257. The van der Waals surface area contributed by atoms with Crippen LogP contribution in [-0.2, 0) is 6.42 Å². The predicted octanol–water partition coefficient (Wildman–Crippen LogP) is 5.29. The van der Waals surface area contributed by atoms with Gasteiger partial charge in [-0.2, -0.15) is 0 Å². The molecule has 28 heavy (non-hydrogen) atoms. The number of amidine groups is 1. The van der Waals surface area contributed by atoms with E-state index in [1.807, 2.05) is 14.0 Å². The Labute approximate surface area is 176 Å². The van der Waals surface area contributed by atoms with Gasteiger partial charge in [0.05, 0.1) is 0 Å². The van der Waals surface area contributed by atoms with Crippen LogP contribution in [0.4, 0.5) is 0 Å². The van der Waals surface area contributed by atoms with Gasteiger partial charge in [0.15, 0.2) is 0 Å². The monoisotopic (exact) mass is 397 g/mol. The molecule has 0 aliphatic heterocycles. The van der Waals surface area contributed by atoms with E-state index in [0.29, 0.717) is 5.92 Å². The average Bonchev–Trinajstić information content (AvgIpc) is 2.67. The van der Waals surface area contributed by atoms with Crippen molar-refractivity contribution < 1.29 is 0 Å². The summed E-state index contributed by atoms with van der Waals surface area (Å²) in [6.07, 6.45) is 4.25. The summed E-state index contributed by atoms with van der Waals surface area (Å²) in [4.78, 5) is 6.09. The number of aliphatic imine (C=N–C) groups is 1. The first kappa shape index (κ1) is 23.9. The van der Waals surface area contributed by atoms with Crippen molar-refractivity contribution in [3.8, 4) is 12.0 Å². The molecule has 1 atom stereocenters. The molecular formula is C24H35N3S. The van der Waals surface area contributed by atoms with Crippen LogP contribution in [0.2, 0.25) is 0 Å². The smallest absolute Gasteiger partial charge is 0.134 e. The number of hydrogen-bond acceptors (Lipinski definition) is 3. The molecule has 4 heteroatoms. The third-order valence-electron chi connectivity index (χ3n) is 3.94. The number of hydrogen-bond donors (Lipinski definition) is 2. The summed E-state index contributed by atoms with van der Waals surface area (Å²) in [5, 5.41) is 8.39. The van der Waals surface area contributed by atoms with Crippen molar-refractivity contribution in [3.63, 3.8) is 0 Å². The van der Waals surface area contributed by atoms with Crippen LogP contribution in [0.3, 0.4) is 0 Å². The summed E-state index contributed by atoms with van der Waals surface area (Å²) in [7, 11) is 1.82. The molecule has 152 valence electrons. The zero-order valence-corrected chi connectivity index (χ0v) is 19.0. The molecule has 3 nitrogen and oxygen atoms in total. The van der Waals surface area contributed by atoms with E-state index in [4.69, 9.17) is 4.99 Å². The lowest BCUT2D eigenvalue weighted by Crippen LogP contribution is -2.25. The molecule has 1 aromatic rings. The second kappa shape index (κ2) is 14.0. The van der Waals surface area contributed by atoms with Crippen molar-refractivity contribution in [2.24, 2.45) is 10.9 Å². The van der Waals surface area contributed by atoms with Crippen LogP contribution in [0.25, 0.3) is 0 Å². The van der Waals surface area contributed by atoms with Crippen molar-refractivity contribution >= 4 is 17.6 Å². The van der Waals surface area contributed by atoms with Gasteiger partial charge in [0.2, 0.25) is 0 Å². The fourth-order valence-electron chi connectivity index (χ4n) is 2.67. The van der Waals surface area contributed by atoms with Crippen molar-refractivity contribution in [2.75, 3.05) is 20.1 Å². The molecular weight excluding hydrogens is 362 g/mol. The van der Waals surface area contributed by atoms with Crippen LogP contribution < -0.4 is 10.6 Å². The van der Waals surface area contributed by atoms with Gasteiger partial charge >= 0.3 is 0 Å². The molecule has 1 unspecified atom stereocenters. The molecule has 0 aliphatic rings. The lowest BCUT2D eigenvalue weighted by molar-refractivity contribution is 0.593. The van der Waals surface area contributed by atoms with Gasteiger partial charge in [-0.15, -0.1) is 0 Å². The minimum Gasteiger partial charge on any atom is -0.370 e. The molecule has 0 spiro atoms. The molecule has 1 aromatic carbocycles. The number of rotatable bonds is 9. The van der Waals surface area contributed by atoms with Gasteiger partial charge in [0.1, 0.15) is 5.84 Å². The fourth-order valence-corrected chi connectivity index (χ4v) is 3.54. The van der Waals surface area contributed by atoms with Crippen molar-refractivity contribution in [1.82, 2.24) is 10.6 Å². The van der Waals surface area contributed by atoms with E-state index < -0.39 is 0 Å². The van der Waals surface area contributed by atoms with E-state index in [1.165, 1.54) is 11.1 Å². The summed E-state index contributed by atoms with van der Waals surface area (Å²) in [5.41, 5.74) is 3.73. The van der Waals surface area contributed by atoms with Gasteiger partial charge in [0.25, 0.3) is 0 Å². The lowest BCUT2D eigenvalue weighted by atomic mass is 10.00. The summed E-state index contributed by atoms with van der Waals surface area (Å²) < 4.78 is 0. The highest BCUT2D eigenvalue weighted by atomic mass is 32.2. The van der Waals surface area contributed by atoms with Gasteiger partial charge in [-0.25, -0.2) is 0 Å². The fraction of sp³-hybridized carbons (Fsp3) is 0.458. The van der Waals surface area contributed by atoms with Gasteiger partial charge in [-0.05, 0) is 56.4 Å². The first-order valence-corrected chi connectivity index (χ1v) is 10.9. The van der Waals surface area contributed by atoms with E-state index in [9.17, 15) is 0 Å². The zero-order chi connectivity index (χ0) is 20.8. The summed E-state index contributed by atoms with van der Waals surface area (Å²) in [5.74, 6) is 4.54. The minimum absolute atomic E-state index is 0.488. The average molecular weight is 398 g/mol. The molecule has 0 heterocycles. The predicted molar refractivity (Wildman–Crippen MR) is 127 cm³/mol. The molecule has 0 amide bonds. The molecule has 0 aliphatic carbocycles. The van der Waals surface area contributed by atoms with Crippen LogP contribution in [0.5, 0.6) is 0 Å². The third-order valence-corrected chi connectivity index (χ3v) is 5.03. The van der Waals surface area contributed by atoms with Gasteiger partial charge < -0.3 is 10.6 Å². The number of thioether (sulfide) groups is 1. The van der Waals surface area contributed by atoms with Crippen molar-refractivity contribution in [1.29, 1.82) is 0 Å². The molecule has 1 rings (SSSR count). The molecule has 0 radical (unpaired) electrons. The van der Waals surface area contributed by atoms with Crippen molar-refractivity contribution in [3.05, 3.63) is 57.4 Å². The second-order valence-electron chi connectivity index (χ2n) is 6.91. The number of likely N-dealkylation sites (N-methyl/N-ethyl adjacent to an activating group) is 1. The number of nitrogens with one attached hydrogen (secondary N) is 2. The number of allylic oxidation sites excluding steroid dienone is 2. The summed E-state index contributed by atoms with van der Waals surface area (Å²) in [6, 6.07) is 11.6. The van der Waals surface area contributed by atoms with E-state index in [2.05, 4.69) is 86.0 Å². The molecule has 0 saturated heterocycles. The van der Waals surface area contributed by atoms with Crippen LogP contribution in [0.15, 0.2) is 51.2 Å². The maximum atomic E-state index is 4.93. The Morgan fingerprint density at radius 2 is 2.11 bits per heavy atom. The van der Waals surface area contributed by atoms with Crippen LogP contribution in [-0.4, -0.2) is 26.0 Å². The highest BCUT2D eigenvalue weighted by Crippen LogP contribution is 2.21. The molecule has 0 saturated carbocycles. The van der Waals surface area contributed by atoms with Crippen LogP contribution >= 0.6 is 11.8 Å². The first-order chi connectivity index (χ1) is 13.5. The Bertz CT molecular complexity index is 751. The van der Waals surface area contributed by atoms with E-state index in [1.54, 1.807) is 11.8 Å². The second-order valence-corrected chi connectivity index (χ2v) is 7.82. The Balaban J connectivity index is 2.86. The van der Waals surface area contributed by atoms with E-state index in [-0.39, 0.29) is 0 Å². The van der Waals surface area contributed by atoms with E-state index in [0.717, 1.165) is 42.2 Å². The normalized spacial score (nSPS) is 13.6. The third kappa shape index (κ3) is 9.71. The Hall–Kier alpha value is -2.12. The number of nitrogens with zero attached hydrogens (tertiary/aromatic N) is 1. The number of benzene rings is 1. The van der Waals surface area contributed by atoms with Crippen LogP contribution in [0, 0.1) is 24.8 Å².